The SMILES string of the molecule is O=C(O)c1nn(-c2ccc(OC(F)(F)F)cc2)c2cccc(SCC(F)(F)F)c2c1=O. The number of hydrogen-bond donors (Lipinski definition) is 1. The van der Waals surface area contributed by atoms with Crippen LogP contribution in [0, 0.1) is 0 Å². The summed E-state index contributed by atoms with van der Waals surface area (Å²) in [5.74, 6) is -3.59. The Morgan fingerprint density at radius 1 is 1.06 bits per heavy atom. The number of alkyl halides is 6. The van der Waals surface area contributed by atoms with E-state index >= 15 is 0 Å². The van der Waals surface area contributed by atoms with Gasteiger partial charge >= 0.3 is 18.5 Å². The lowest BCUT2D eigenvalue weighted by molar-refractivity contribution is -0.274. The van der Waals surface area contributed by atoms with Crippen LogP contribution in [0.4, 0.5) is 26.3 Å². The maximum absolute atomic E-state index is 12.6. The molecule has 3 rings (SSSR count). The van der Waals surface area contributed by atoms with Crippen LogP contribution in [0.5, 0.6) is 5.75 Å². The standard InChI is InChI=1S/C18H10F6N2O4S/c19-17(20,21)8-31-12-3-1-2-11-13(12)15(27)14(16(28)29)25-26(11)9-4-6-10(7-5-9)30-18(22,23)24/h1-7H,8H2,(H,28,29). The van der Waals surface area contributed by atoms with Gasteiger partial charge in [-0.2, -0.15) is 18.3 Å². The zero-order valence-electron chi connectivity index (χ0n) is 15.0. The van der Waals surface area contributed by atoms with Gasteiger partial charge in [-0.3, -0.25) is 4.79 Å². The van der Waals surface area contributed by atoms with Crippen molar-refractivity contribution in [1.29, 1.82) is 0 Å². The Morgan fingerprint density at radius 2 is 1.71 bits per heavy atom. The van der Waals surface area contributed by atoms with Crippen LogP contribution in [0.25, 0.3) is 16.6 Å². The lowest BCUT2D eigenvalue weighted by atomic mass is 10.2. The van der Waals surface area contributed by atoms with Gasteiger partial charge in [0.25, 0.3) is 0 Å². The minimum atomic E-state index is -4.93. The number of halogens is 6. The molecule has 13 heteroatoms. The average Bonchev–Trinajstić information content (AvgIpc) is 2.65. The molecular formula is C18H10F6N2O4S. The molecule has 0 bridgehead atoms. The molecule has 164 valence electrons. The first kappa shape index (κ1) is 22.5. The number of aromatic carboxylic acids is 1. The zero-order valence-corrected chi connectivity index (χ0v) is 15.8. The van der Waals surface area contributed by atoms with Gasteiger partial charge in [0.05, 0.1) is 22.3 Å². The van der Waals surface area contributed by atoms with Crippen LogP contribution < -0.4 is 10.2 Å². The minimum Gasteiger partial charge on any atom is -0.476 e. The van der Waals surface area contributed by atoms with Gasteiger partial charge in [-0.15, -0.1) is 24.9 Å². The highest BCUT2D eigenvalue weighted by Gasteiger charge is 2.31. The molecule has 0 amide bonds. The van der Waals surface area contributed by atoms with E-state index in [-0.39, 0.29) is 21.5 Å². The van der Waals surface area contributed by atoms with E-state index in [0.29, 0.717) is 11.8 Å². The Bertz CT molecular complexity index is 1190. The van der Waals surface area contributed by atoms with Crippen molar-refractivity contribution in [3.63, 3.8) is 0 Å². The number of carbonyl (C=O) groups is 1. The Kier molecular flexibility index (Phi) is 5.89. The molecule has 1 heterocycles. The Labute approximate surface area is 173 Å². The molecule has 0 atom stereocenters. The van der Waals surface area contributed by atoms with E-state index < -0.39 is 41.1 Å². The van der Waals surface area contributed by atoms with E-state index in [9.17, 15) is 41.0 Å². The van der Waals surface area contributed by atoms with E-state index in [1.807, 2.05) is 0 Å². The highest BCUT2D eigenvalue weighted by atomic mass is 32.2. The molecule has 1 aromatic heterocycles. The van der Waals surface area contributed by atoms with Crippen molar-refractivity contribution in [3.8, 4) is 11.4 Å². The summed E-state index contributed by atoms with van der Waals surface area (Å²) >= 11 is 0.300. The second kappa shape index (κ2) is 8.13. The number of fused-ring (bicyclic) bond motifs is 1. The summed E-state index contributed by atoms with van der Waals surface area (Å²) in [5.41, 5.74) is -2.00. The number of aromatic nitrogens is 2. The van der Waals surface area contributed by atoms with Crippen molar-refractivity contribution < 1.29 is 41.0 Å². The lowest BCUT2D eigenvalue weighted by Crippen LogP contribution is -2.23. The van der Waals surface area contributed by atoms with Gasteiger partial charge in [-0.25, -0.2) is 9.48 Å². The minimum absolute atomic E-state index is 0.0216. The summed E-state index contributed by atoms with van der Waals surface area (Å²) in [6.07, 6.45) is -9.46. The van der Waals surface area contributed by atoms with Gasteiger partial charge < -0.3 is 9.84 Å². The van der Waals surface area contributed by atoms with E-state index in [1.165, 1.54) is 18.2 Å². The molecule has 0 aliphatic rings. The maximum Gasteiger partial charge on any atom is 0.573 e. The molecule has 0 saturated carbocycles. The number of rotatable bonds is 5. The normalized spacial score (nSPS) is 12.2. The molecule has 0 aliphatic carbocycles. The van der Waals surface area contributed by atoms with Gasteiger partial charge in [0.15, 0.2) is 0 Å². The topological polar surface area (TPSA) is 81.4 Å². The van der Waals surface area contributed by atoms with Gasteiger partial charge in [-0.05, 0) is 36.4 Å². The van der Waals surface area contributed by atoms with Crippen molar-refractivity contribution >= 4 is 28.6 Å². The number of benzene rings is 2. The Hall–Kier alpha value is -3.22. The first-order valence-corrected chi connectivity index (χ1v) is 9.19. The summed E-state index contributed by atoms with van der Waals surface area (Å²) in [4.78, 5) is 24.0. The Morgan fingerprint density at radius 3 is 2.26 bits per heavy atom. The molecule has 1 N–H and O–H groups in total. The molecular weight excluding hydrogens is 454 g/mol. The lowest BCUT2D eigenvalue weighted by Gasteiger charge is -2.14. The number of carboxylic acid groups (broad SMARTS) is 1. The number of carboxylic acids is 1. The number of hydrogen-bond acceptors (Lipinski definition) is 5. The quantitative estimate of drug-likeness (QED) is 0.438. The maximum atomic E-state index is 12.6. The first-order valence-electron chi connectivity index (χ1n) is 8.21. The monoisotopic (exact) mass is 464 g/mol. The summed E-state index contributed by atoms with van der Waals surface area (Å²) in [5, 5.41) is 12.7. The van der Waals surface area contributed by atoms with Crippen molar-refractivity contribution in [1.82, 2.24) is 9.78 Å². The van der Waals surface area contributed by atoms with E-state index in [1.54, 1.807) is 0 Å². The summed E-state index contributed by atoms with van der Waals surface area (Å²) in [6.45, 7) is 0. The predicted octanol–water partition coefficient (Wildman–Crippen LogP) is 4.64. The van der Waals surface area contributed by atoms with Crippen molar-refractivity contribution in [2.75, 3.05) is 5.75 Å². The molecule has 3 aromatic rings. The van der Waals surface area contributed by atoms with Crippen molar-refractivity contribution in [2.45, 2.75) is 17.4 Å². The van der Waals surface area contributed by atoms with Gasteiger partial charge in [-0.1, -0.05) is 6.07 Å². The number of ether oxygens (including phenoxy) is 1. The molecule has 0 radical (unpaired) electrons. The summed E-state index contributed by atoms with van der Waals surface area (Å²) in [6, 6.07) is 8.04. The second-order valence-corrected chi connectivity index (χ2v) is 7.01. The van der Waals surface area contributed by atoms with Crippen LogP contribution in [0.3, 0.4) is 0 Å². The second-order valence-electron chi connectivity index (χ2n) is 5.99. The van der Waals surface area contributed by atoms with Crippen LogP contribution >= 0.6 is 11.8 Å². The van der Waals surface area contributed by atoms with Crippen molar-refractivity contribution in [3.05, 3.63) is 58.4 Å². The van der Waals surface area contributed by atoms with Crippen LogP contribution in [0.2, 0.25) is 0 Å². The van der Waals surface area contributed by atoms with Crippen LogP contribution in [-0.4, -0.2) is 39.1 Å². The molecule has 0 fully saturated rings. The fraction of sp³-hybridized carbons (Fsp3) is 0.167. The smallest absolute Gasteiger partial charge is 0.476 e. The number of thioether (sulfide) groups is 1. The molecule has 31 heavy (non-hydrogen) atoms. The fourth-order valence-corrected chi connectivity index (χ4v) is 3.48. The largest absolute Gasteiger partial charge is 0.573 e. The van der Waals surface area contributed by atoms with E-state index in [4.69, 9.17) is 0 Å². The highest BCUT2D eigenvalue weighted by Crippen LogP contribution is 2.32. The third kappa shape index (κ3) is 5.29. The molecule has 0 aliphatic heterocycles. The molecule has 6 nitrogen and oxygen atoms in total. The third-order valence-electron chi connectivity index (χ3n) is 3.78. The zero-order chi connectivity index (χ0) is 23.0. The molecule has 0 unspecified atom stereocenters. The number of nitrogens with zero attached hydrogens (tertiary/aromatic N) is 2. The van der Waals surface area contributed by atoms with Gasteiger partial charge in [0, 0.05) is 4.90 Å². The molecule has 0 saturated heterocycles. The predicted molar refractivity (Wildman–Crippen MR) is 97.8 cm³/mol. The molecule has 0 spiro atoms. The van der Waals surface area contributed by atoms with Gasteiger partial charge in [0.1, 0.15) is 5.75 Å². The van der Waals surface area contributed by atoms with E-state index in [0.717, 1.165) is 28.9 Å². The summed E-state index contributed by atoms with van der Waals surface area (Å²) in [7, 11) is 0. The van der Waals surface area contributed by atoms with E-state index in [2.05, 4.69) is 9.84 Å². The Balaban J connectivity index is 2.19. The van der Waals surface area contributed by atoms with Crippen LogP contribution in [0.1, 0.15) is 10.5 Å². The fourth-order valence-electron chi connectivity index (χ4n) is 2.65. The third-order valence-corrected chi connectivity index (χ3v) is 4.91. The van der Waals surface area contributed by atoms with Crippen LogP contribution in [-0.2, 0) is 0 Å². The summed E-state index contributed by atoms with van der Waals surface area (Å²) < 4.78 is 79.7. The highest BCUT2D eigenvalue weighted by molar-refractivity contribution is 7.99. The van der Waals surface area contributed by atoms with Crippen LogP contribution in [0.15, 0.2) is 52.2 Å². The van der Waals surface area contributed by atoms with Crippen molar-refractivity contribution in [2.24, 2.45) is 0 Å². The molecule has 2 aromatic carbocycles. The average molecular weight is 464 g/mol. The first-order chi connectivity index (χ1) is 14.4. The van der Waals surface area contributed by atoms with Gasteiger partial charge in [0.2, 0.25) is 11.1 Å².